The maximum Gasteiger partial charge on any atom is 0.192 e. The van der Waals surface area contributed by atoms with Crippen LogP contribution in [0, 0.1) is 30.6 Å². The highest BCUT2D eigenvalue weighted by molar-refractivity contribution is 5.91. The molecule has 4 unspecified atom stereocenters. The van der Waals surface area contributed by atoms with Crippen LogP contribution >= 0.6 is 0 Å². The van der Waals surface area contributed by atoms with E-state index in [1.807, 2.05) is 0 Å². The molecule has 0 bridgehead atoms. The Morgan fingerprint density at radius 1 is 0.848 bits per heavy atom. The van der Waals surface area contributed by atoms with Crippen molar-refractivity contribution in [3.63, 3.8) is 0 Å². The second-order valence-electron chi connectivity index (χ2n) is 17.9. The van der Waals surface area contributed by atoms with Crippen molar-refractivity contribution in [2.24, 2.45) is 16.7 Å². The Bertz CT molecular complexity index is 1750. The summed E-state index contributed by atoms with van der Waals surface area (Å²) < 4.78 is 14.9. The number of hydrogen-bond donors (Lipinski definition) is 0. The van der Waals surface area contributed by atoms with Gasteiger partial charge in [0.1, 0.15) is 0 Å². The van der Waals surface area contributed by atoms with Crippen molar-refractivity contribution < 1.29 is 9.47 Å². The summed E-state index contributed by atoms with van der Waals surface area (Å²) in [5.74, 6) is 0.548. The van der Waals surface area contributed by atoms with Gasteiger partial charge in [-0.05, 0) is 88.1 Å². The fourth-order valence-electron chi connectivity index (χ4n) is 9.04. The number of anilines is 1. The first kappa shape index (κ1) is 31.7. The SMILES string of the molecule is Cc1cc(C)c2c(c1)C1C=C(CC(C)C)c3cc4c(cc3N1C21COC(C(C)(C)C)CC(C(C)(C)C)O1)C(C)(C)c1ccccc1-4. The second-order valence-corrected chi connectivity index (χ2v) is 17.9. The zero-order valence-corrected chi connectivity index (χ0v) is 30.4. The number of hydrogen-bond acceptors (Lipinski definition) is 3. The van der Waals surface area contributed by atoms with Crippen LogP contribution in [0.1, 0.15) is 127 Å². The first-order chi connectivity index (χ1) is 21.4. The Morgan fingerprint density at radius 2 is 1.54 bits per heavy atom. The molecule has 0 N–H and O–H groups in total. The Morgan fingerprint density at radius 3 is 2.22 bits per heavy atom. The van der Waals surface area contributed by atoms with E-state index in [9.17, 15) is 0 Å². The molecular formula is C43H55NO2. The molecule has 4 aliphatic rings. The predicted molar refractivity (Wildman–Crippen MR) is 192 cm³/mol. The van der Waals surface area contributed by atoms with Crippen molar-refractivity contribution in [1.82, 2.24) is 0 Å². The van der Waals surface area contributed by atoms with Gasteiger partial charge in [-0.2, -0.15) is 0 Å². The number of allylic oxidation sites excluding steroid dienone is 1. The van der Waals surface area contributed by atoms with E-state index in [0.29, 0.717) is 12.5 Å². The molecular weight excluding hydrogens is 562 g/mol. The number of nitrogens with zero attached hydrogens (tertiary/aromatic N) is 1. The quantitative estimate of drug-likeness (QED) is 0.286. The highest BCUT2D eigenvalue weighted by atomic mass is 16.6. The van der Waals surface area contributed by atoms with Gasteiger partial charge in [0.25, 0.3) is 0 Å². The van der Waals surface area contributed by atoms with Crippen molar-refractivity contribution in [3.05, 3.63) is 93.6 Å². The van der Waals surface area contributed by atoms with Crippen molar-refractivity contribution in [3.8, 4) is 11.1 Å². The van der Waals surface area contributed by atoms with Crippen LogP contribution in [-0.4, -0.2) is 18.8 Å². The van der Waals surface area contributed by atoms with Crippen molar-refractivity contribution in [2.75, 3.05) is 11.5 Å². The molecule has 3 aromatic rings. The largest absolute Gasteiger partial charge is 0.372 e. The van der Waals surface area contributed by atoms with Gasteiger partial charge in [0, 0.05) is 28.7 Å². The van der Waals surface area contributed by atoms with Crippen LogP contribution in [0.2, 0.25) is 0 Å². The summed E-state index contributed by atoms with van der Waals surface area (Å²) in [7, 11) is 0. The van der Waals surface area contributed by atoms with Crippen molar-refractivity contribution in [2.45, 2.75) is 125 Å². The molecule has 1 aliphatic carbocycles. The number of ether oxygens (including phenoxy) is 2. The van der Waals surface area contributed by atoms with Crippen LogP contribution in [0.3, 0.4) is 0 Å². The molecule has 0 saturated carbocycles. The molecule has 4 atom stereocenters. The Balaban J connectivity index is 1.53. The van der Waals surface area contributed by atoms with Gasteiger partial charge in [-0.25, -0.2) is 0 Å². The minimum atomic E-state index is -0.742. The zero-order valence-electron chi connectivity index (χ0n) is 30.4. The van der Waals surface area contributed by atoms with Crippen LogP contribution in [0.4, 0.5) is 5.69 Å². The summed E-state index contributed by atoms with van der Waals surface area (Å²) in [6, 6.07) is 18.9. The maximum atomic E-state index is 7.74. The summed E-state index contributed by atoms with van der Waals surface area (Å²) in [5.41, 5.74) is 14.1. The van der Waals surface area contributed by atoms with Crippen LogP contribution < -0.4 is 4.90 Å². The van der Waals surface area contributed by atoms with Crippen LogP contribution in [-0.2, 0) is 20.6 Å². The zero-order chi connectivity index (χ0) is 33.1. The molecule has 3 nitrogen and oxygen atoms in total. The first-order valence-electron chi connectivity index (χ1n) is 17.6. The maximum absolute atomic E-state index is 7.74. The summed E-state index contributed by atoms with van der Waals surface area (Å²) in [6.45, 7) is 28.5. The second kappa shape index (κ2) is 10.3. The molecule has 1 saturated heterocycles. The third-order valence-electron chi connectivity index (χ3n) is 11.4. The van der Waals surface area contributed by atoms with Gasteiger partial charge in [0.2, 0.25) is 0 Å². The van der Waals surface area contributed by atoms with E-state index in [0.717, 1.165) is 12.8 Å². The van der Waals surface area contributed by atoms with E-state index in [2.05, 4.69) is 143 Å². The normalized spacial score (nSPS) is 26.3. The molecule has 1 fully saturated rings. The van der Waals surface area contributed by atoms with Crippen LogP contribution in [0.15, 0.2) is 54.6 Å². The summed E-state index contributed by atoms with van der Waals surface area (Å²) >= 11 is 0. The van der Waals surface area contributed by atoms with Crippen molar-refractivity contribution in [1.29, 1.82) is 0 Å². The topological polar surface area (TPSA) is 21.7 Å². The fraction of sp³-hybridized carbons (Fsp3) is 0.535. The molecule has 3 aromatic carbocycles. The molecule has 0 amide bonds. The average Bonchev–Trinajstić information content (AvgIpc) is 3.20. The molecule has 0 aromatic heterocycles. The van der Waals surface area contributed by atoms with E-state index < -0.39 is 5.72 Å². The van der Waals surface area contributed by atoms with Crippen LogP contribution in [0.5, 0.6) is 0 Å². The summed E-state index contributed by atoms with van der Waals surface area (Å²) in [6.07, 6.45) is 4.61. The lowest BCUT2D eigenvalue weighted by Gasteiger charge is -2.47. The first-order valence-corrected chi connectivity index (χ1v) is 17.6. The number of fused-ring (bicyclic) bond motifs is 10. The van der Waals surface area contributed by atoms with Crippen LogP contribution in [0.25, 0.3) is 16.7 Å². The highest BCUT2D eigenvalue weighted by Crippen LogP contribution is 2.61. The van der Waals surface area contributed by atoms with Gasteiger partial charge < -0.3 is 14.4 Å². The van der Waals surface area contributed by atoms with E-state index >= 15 is 0 Å². The van der Waals surface area contributed by atoms with Gasteiger partial charge in [-0.3, -0.25) is 0 Å². The third kappa shape index (κ3) is 4.66. The van der Waals surface area contributed by atoms with E-state index in [1.165, 1.54) is 61.3 Å². The van der Waals surface area contributed by atoms with Crippen molar-refractivity contribution >= 4 is 11.3 Å². The minimum Gasteiger partial charge on any atom is -0.372 e. The highest BCUT2D eigenvalue weighted by Gasteiger charge is 2.58. The number of aryl methyl sites for hydroxylation is 2. The Hall–Kier alpha value is -2.88. The Labute approximate surface area is 278 Å². The summed E-state index contributed by atoms with van der Waals surface area (Å²) in [4.78, 5) is 2.66. The lowest BCUT2D eigenvalue weighted by Crippen LogP contribution is -2.52. The molecule has 3 heterocycles. The molecule has 1 spiro atoms. The predicted octanol–water partition coefficient (Wildman–Crippen LogP) is 11.0. The average molecular weight is 618 g/mol. The van der Waals surface area contributed by atoms with Gasteiger partial charge in [-0.15, -0.1) is 0 Å². The van der Waals surface area contributed by atoms with E-state index in [-0.39, 0.29) is 34.5 Å². The molecule has 7 rings (SSSR count). The number of benzene rings is 3. The van der Waals surface area contributed by atoms with Gasteiger partial charge in [0.15, 0.2) is 5.72 Å². The van der Waals surface area contributed by atoms with E-state index in [4.69, 9.17) is 9.47 Å². The molecule has 0 radical (unpaired) electrons. The third-order valence-corrected chi connectivity index (χ3v) is 11.4. The summed E-state index contributed by atoms with van der Waals surface area (Å²) in [5, 5.41) is 0. The standard InChI is InChI=1S/C43H55NO2/c1-25(2)17-28-20-35-32-19-26(3)18-27(4)39(32)43(24-45-37(40(5,6)7)23-38(46-43)41(8,9)10)44(35)36-22-34-31(21-30(28)36)29-15-13-14-16-33(29)42(34,11)12/h13-16,18-22,25,35,37-38H,17,23-24H2,1-12H3. The molecule has 3 heteroatoms. The van der Waals surface area contributed by atoms with Gasteiger partial charge in [0.05, 0.1) is 24.9 Å². The monoisotopic (exact) mass is 617 g/mol. The lowest BCUT2D eigenvalue weighted by atomic mass is 9.79. The Kier molecular flexibility index (Phi) is 7.11. The molecule has 3 aliphatic heterocycles. The lowest BCUT2D eigenvalue weighted by molar-refractivity contribution is -0.140. The molecule has 244 valence electrons. The smallest absolute Gasteiger partial charge is 0.192 e. The van der Waals surface area contributed by atoms with Gasteiger partial charge >= 0.3 is 0 Å². The minimum absolute atomic E-state index is 0.00229. The number of rotatable bonds is 2. The fourth-order valence-corrected chi connectivity index (χ4v) is 9.04. The molecule has 46 heavy (non-hydrogen) atoms. The van der Waals surface area contributed by atoms with Gasteiger partial charge in [-0.1, -0.05) is 117 Å². The van der Waals surface area contributed by atoms with E-state index in [1.54, 1.807) is 0 Å².